The molecule has 1 aliphatic heterocycles. The van der Waals surface area contributed by atoms with Gasteiger partial charge in [-0.3, -0.25) is 9.59 Å². The molecule has 1 amide bonds. The van der Waals surface area contributed by atoms with E-state index in [-0.39, 0.29) is 18.3 Å². The molecule has 1 heterocycles. The highest BCUT2D eigenvalue weighted by Gasteiger charge is 2.19. The molecule has 0 fully saturated rings. The van der Waals surface area contributed by atoms with Gasteiger partial charge in [0, 0.05) is 5.56 Å². The molecule has 0 saturated carbocycles. The quantitative estimate of drug-likeness (QED) is 0.516. The SMILES string of the molecule is Cc1ccc(-c2ccccc2C(=O)OCC(=O)c2ccc3c(c2)NC(=O)CO3)cc1. The number of benzene rings is 3. The number of carbonyl (C=O) groups excluding carboxylic acids is 3. The first-order valence-electron chi connectivity index (χ1n) is 9.44. The van der Waals surface area contributed by atoms with Crippen molar-refractivity contribution in [3.8, 4) is 16.9 Å². The number of carbonyl (C=O) groups is 3. The van der Waals surface area contributed by atoms with Crippen LogP contribution in [0, 0.1) is 6.92 Å². The first-order chi connectivity index (χ1) is 14.5. The normalized spacial score (nSPS) is 12.4. The number of anilines is 1. The second-order valence-corrected chi connectivity index (χ2v) is 6.96. The van der Waals surface area contributed by atoms with Crippen LogP contribution in [0.15, 0.2) is 66.7 Å². The number of hydrogen-bond acceptors (Lipinski definition) is 5. The van der Waals surface area contributed by atoms with E-state index in [0.717, 1.165) is 16.7 Å². The summed E-state index contributed by atoms with van der Waals surface area (Å²) in [5, 5.41) is 2.65. The molecule has 0 radical (unpaired) electrons. The van der Waals surface area contributed by atoms with Crippen LogP contribution in [0.4, 0.5) is 5.69 Å². The average molecular weight is 401 g/mol. The van der Waals surface area contributed by atoms with Crippen molar-refractivity contribution in [2.75, 3.05) is 18.5 Å². The molecule has 0 spiro atoms. The van der Waals surface area contributed by atoms with E-state index in [1.165, 1.54) is 6.07 Å². The predicted molar refractivity (Wildman–Crippen MR) is 112 cm³/mol. The average Bonchev–Trinajstić information content (AvgIpc) is 2.77. The number of Topliss-reactive ketones (excluding diaryl/α,β-unsaturated/α-hetero) is 1. The van der Waals surface area contributed by atoms with Crippen molar-refractivity contribution in [2.24, 2.45) is 0 Å². The molecule has 1 aliphatic rings. The van der Waals surface area contributed by atoms with E-state index in [2.05, 4.69) is 5.32 Å². The highest BCUT2D eigenvalue weighted by molar-refractivity contribution is 6.03. The molecule has 0 unspecified atom stereocenters. The first kappa shape index (κ1) is 19.4. The maximum Gasteiger partial charge on any atom is 0.339 e. The Hall–Kier alpha value is -3.93. The molecule has 0 bridgehead atoms. The van der Waals surface area contributed by atoms with Crippen LogP contribution in [0.1, 0.15) is 26.3 Å². The second-order valence-electron chi connectivity index (χ2n) is 6.96. The molecule has 3 aromatic rings. The van der Waals surface area contributed by atoms with Gasteiger partial charge in [-0.25, -0.2) is 4.79 Å². The molecule has 30 heavy (non-hydrogen) atoms. The Balaban J connectivity index is 1.48. The molecular formula is C24H19NO5. The molecule has 6 heteroatoms. The van der Waals surface area contributed by atoms with Crippen molar-refractivity contribution in [2.45, 2.75) is 6.92 Å². The van der Waals surface area contributed by atoms with Crippen molar-refractivity contribution in [1.82, 2.24) is 0 Å². The van der Waals surface area contributed by atoms with Crippen molar-refractivity contribution in [3.05, 3.63) is 83.4 Å². The molecule has 150 valence electrons. The molecule has 0 aromatic heterocycles. The van der Waals surface area contributed by atoms with Gasteiger partial charge < -0.3 is 14.8 Å². The van der Waals surface area contributed by atoms with Crippen molar-refractivity contribution in [3.63, 3.8) is 0 Å². The Morgan fingerprint density at radius 1 is 1.03 bits per heavy atom. The minimum absolute atomic E-state index is 0.0572. The number of fused-ring (bicyclic) bond motifs is 1. The van der Waals surface area contributed by atoms with Crippen molar-refractivity contribution >= 4 is 23.3 Å². The summed E-state index contributed by atoms with van der Waals surface area (Å²) in [5.74, 6) is -0.741. The Morgan fingerprint density at radius 2 is 1.80 bits per heavy atom. The van der Waals surface area contributed by atoms with Crippen molar-refractivity contribution in [1.29, 1.82) is 0 Å². The summed E-state index contributed by atoms with van der Waals surface area (Å²) >= 11 is 0. The lowest BCUT2D eigenvalue weighted by atomic mass is 9.99. The van der Waals surface area contributed by atoms with Gasteiger partial charge in [0.25, 0.3) is 5.91 Å². The van der Waals surface area contributed by atoms with Crippen LogP contribution in [0.2, 0.25) is 0 Å². The van der Waals surface area contributed by atoms with E-state index in [0.29, 0.717) is 22.6 Å². The monoisotopic (exact) mass is 401 g/mol. The van der Waals surface area contributed by atoms with Gasteiger partial charge >= 0.3 is 5.97 Å². The maximum atomic E-state index is 12.7. The molecule has 0 aliphatic carbocycles. The van der Waals surface area contributed by atoms with Gasteiger partial charge in [-0.15, -0.1) is 0 Å². The zero-order chi connectivity index (χ0) is 21.1. The van der Waals surface area contributed by atoms with Crippen LogP contribution in [0.25, 0.3) is 11.1 Å². The van der Waals surface area contributed by atoms with Crippen LogP contribution < -0.4 is 10.1 Å². The van der Waals surface area contributed by atoms with Gasteiger partial charge in [-0.05, 0) is 42.3 Å². The summed E-state index contributed by atoms with van der Waals surface area (Å²) in [4.78, 5) is 36.6. The first-order valence-corrected chi connectivity index (χ1v) is 9.44. The van der Waals surface area contributed by atoms with Crippen LogP contribution in [0.5, 0.6) is 5.75 Å². The number of aryl methyl sites for hydroxylation is 1. The third-order valence-electron chi connectivity index (χ3n) is 4.78. The lowest BCUT2D eigenvalue weighted by Crippen LogP contribution is -2.25. The Labute approximate surface area is 173 Å². The van der Waals surface area contributed by atoms with Crippen molar-refractivity contribution < 1.29 is 23.9 Å². The summed E-state index contributed by atoms with van der Waals surface area (Å²) in [5.41, 5.74) is 3.89. The third kappa shape index (κ3) is 4.07. The Bertz CT molecular complexity index is 1130. The number of rotatable bonds is 5. The smallest absolute Gasteiger partial charge is 0.339 e. The van der Waals surface area contributed by atoms with E-state index in [1.807, 2.05) is 43.3 Å². The number of amides is 1. The summed E-state index contributed by atoms with van der Waals surface area (Å²) in [7, 11) is 0. The van der Waals surface area contributed by atoms with Gasteiger partial charge in [-0.1, -0.05) is 48.0 Å². The molecule has 1 N–H and O–H groups in total. The fourth-order valence-corrected chi connectivity index (χ4v) is 3.19. The van der Waals surface area contributed by atoms with Crippen LogP contribution >= 0.6 is 0 Å². The minimum Gasteiger partial charge on any atom is -0.482 e. The maximum absolute atomic E-state index is 12.7. The van der Waals surface area contributed by atoms with E-state index in [1.54, 1.807) is 24.3 Å². The van der Waals surface area contributed by atoms with E-state index >= 15 is 0 Å². The number of ether oxygens (including phenoxy) is 2. The standard InChI is InChI=1S/C24H19NO5/c1-15-6-8-16(9-7-15)18-4-2-3-5-19(18)24(28)30-13-21(26)17-10-11-22-20(12-17)25-23(27)14-29-22/h2-12H,13-14H2,1H3,(H,25,27). The van der Waals surface area contributed by atoms with E-state index in [4.69, 9.17) is 9.47 Å². The topological polar surface area (TPSA) is 81.7 Å². The zero-order valence-corrected chi connectivity index (χ0v) is 16.3. The van der Waals surface area contributed by atoms with E-state index in [9.17, 15) is 14.4 Å². The fraction of sp³-hybridized carbons (Fsp3) is 0.125. The Kier molecular flexibility index (Phi) is 5.30. The number of nitrogens with one attached hydrogen (secondary N) is 1. The Morgan fingerprint density at radius 3 is 2.60 bits per heavy atom. The molecule has 6 nitrogen and oxygen atoms in total. The third-order valence-corrected chi connectivity index (χ3v) is 4.78. The summed E-state index contributed by atoms with van der Waals surface area (Å²) < 4.78 is 10.6. The van der Waals surface area contributed by atoms with Gasteiger partial charge in [-0.2, -0.15) is 0 Å². The number of ketones is 1. The summed E-state index contributed by atoms with van der Waals surface area (Å²) in [6.45, 7) is 1.53. The largest absolute Gasteiger partial charge is 0.482 e. The van der Waals surface area contributed by atoms with Crippen LogP contribution in [-0.4, -0.2) is 30.9 Å². The molecule has 3 aromatic carbocycles. The number of hydrogen-bond donors (Lipinski definition) is 1. The summed E-state index contributed by atoms with van der Waals surface area (Å²) in [6, 6.07) is 19.6. The second kappa shape index (κ2) is 8.21. The van der Waals surface area contributed by atoms with Crippen LogP contribution in [-0.2, 0) is 9.53 Å². The molecule has 4 rings (SSSR count). The minimum atomic E-state index is -0.575. The molecule has 0 atom stereocenters. The van der Waals surface area contributed by atoms with E-state index < -0.39 is 12.6 Å². The fourth-order valence-electron chi connectivity index (χ4n) is 3.19. The van der Waals surface area contributed by atoms with Crippen LogP contribution in [0.3, 0.4) is 0 Å². The zero-order valence-electron chi connectivity index (χ0n) is 16.3. The predicted octanol–water partition coefficient (Wildman–Crippen LogP) is 4.03. The van der Waals surface area contributed by atoms with Gasteiger partial charge in [0.05, 0.1) is 11.3 Å². The molecule has 0 saturated heterocycles. The molecular weight excluding hydrogens is 382 g/mol. The highest BCUT2D eigenvalue weighted by atomic mass is 16.5. The highest BCUT2D eigenvalue weighted by Crippen LogP contribution is 2.29. The van der Waals surface area contributed by atoms with Gasteiger partial charge in [0.2, 0.25) is 0 Å². The summed E-state index contributed by atoms with van der Waals surface area (Å²) in [6.07, 6.45) is 0. The number of esters is 1. The lowest BCUT2D eigenvalue weighted by Gasteiger charge is -2.18. The lowest BCUT2D eigenvalue weighted by molar-refractivity contribution is -0.118. The van der Waals surface area contributed by atoms with Gasteiger partial charge in [0.1, 0.15) is 5.75 Å². The van der Waals surface area contributed by atoms with Gasteiger partial charge in [0.15, 0.2) is 19.0 Å².